The van der Waals surface area contributed by atoms with E-state index in [0.717, 1.165) is 0 Å². The van der Waals surface area contributed by atoms with Gasteiger partial charge in [0.1, 0.15) is 0 Å². The Morgan fingerprint density at radius 2 is 2.19 bits per heavy atom. The van der Waals surface area contributed by atoms with Gasteiger partial charge in [-0.2, -0.15) is 5.10 Å². The van der Waals surface area contributed by atoms with E-state index >= 15 is 0 Å². The van der Waals surface area contributed by atoms with Crippen LogP contribution in [0.4, 0.5) is 5.69 Å². The fourth-order valence-corrected chi connectivity index (χ4v) is 2.09. The normalized spacial score (nSPS) is 10.9. The molecule has 0 amide bonds. The molecule has 0 aliphatic rings. The topological polar surface area (TPSA) is 85.8 Å². The Morgan fingerprint density at radius 3 is 2.71 bits per heavy atom. The molecular formula is C11H10N4Na2O2S2. The van der Waals surface area contributed by atoms with E-state index < -0.39 is 12.0 Å². The summed E-state index contributed by atoms with van der Waals surface area (Å²) in [6.07, 6.45) is 0. The number of aromatic nitrogens is 3. The molecule has 0 fully saturated rings. The predicted octanol–water partition coefficient (Wildman–Crippen LogP) is -5.61. The number of rotatable bonds is 4. The van der Waals surface area contributed by atoms with Gasteiger partial charge in [-0.15, -0.1) is 0 Å². The summed E-state index contributed by atoms with van der Waals surface area (Å²) >= 11 is 10.1. The van der Waals surface area contributed by atoms with Crippen LogP contribution in [0.3, 0.4) is 0 Å². The fraction of sp³-hybridized carbons (Fsp3) is 0.182. The number of hydrogen-bond acceptors (Lipinski definition) is 6. The standard InChI is InChI=1S/C11H12N4O2S2.2Na/c1-6(9(16)17)12-7-3-2-4-8(5-7)15-10(18)13-14-11(15)19;;/h2-6,12H,1H3,(H,13,18)(H,14,19)(H,16,17);;/q;2*+1/p-2. The Morgan fingerprint density at radius 1 is 1.52 bits per heavy atom. The largest absolute Gasteiger partial charge is 1.00 e. The van der Waals surface area contributed by atoms with Gasteiger partial charge in [0.25, 0.3) is 0 Å². The smallest absolute Gasteiger partial charge is 0.740 e. The van der Waals surface area contributed by atoms with Gasteiger partial charge in [-0.25, -0.2) is 0 Å². The van der Waals surface area contributed by atoms with Crippen LogP contribution in [0.25, 0.3) is 5.69 Å². The molecule has 10 heteroatoms. The maximum Gasteiger partial charge on any atom is 1.00 e. The van der Waals surface area contributed by atoms with Crippen molar-refractivity contribution in [2.75, 3.05) is 5.32 Å². The van der Waals surface area contributed by atoms with Crippen LogP contribution in [0.15, 0.2) is 29.4 Å². The van der Waals surface area contributed by atoms with E-state index in [2.05, 4.69) is 15.5 Å². The molecular weight excluding hydrogens is 330 g/mol. The summed E-state index contributed by atoms with van der Waals surface area (Å²) in [5, 5.41) is 20.3. The molecule has 0 radical (unpaired) electrons. The van der Waals surface area contributed by atoms with E-state index in [0.29, 0.717) is 21.3 Å². The molecule has 0 saturated heterocycles. The van der Waals surface area contributed by atoms with Crippen molar-refractivity contribution in [3.63, 3.8) is 0 Å². The van der Waals surface area contributed by atoms with Crippen molar-refractivity contribution >= 4 is 36.5 Å². The van der Waals surface area contributed by atoms with Crippen LogP contribution in [0.1, 0.15) is 6.92 Å². The van der Waals surface area contributed by atoms with Crippen LogP contribution in [0, 0.1) is 4.77 Å². The average Bonchev–Trinajstić information content (AvgIpc) is 2.69. The summed E-state index contributed by atoms with van der Waals surface area (Å²) in [5.41, 5.74) is 1.34. The fourth-order valence-electron chi connectivity index (χ4n) is 1.55. The van der Waals surface area contributed by atoms with Gasteiger partial charge in [0.2, 0.25) is 0 Å². The number of carbonyl (C=O) groups is 1. The van der Waals surface area contributed by atoms with Crippen molar-refractivity contribution in [3.05, 3.63) is 29.0 Å². The molecule has 1 aromatic carbocycles. The van der Waals surface area contributed by atoms with Crippen LogP contribution in [-0.4, -0.2) is 26.8 Å². The van der Waals surface area contributed by atoms with Crippen molar-refractivity contribution in [2.24, 2.45) is 0 Å². The zero-order valence-electron chi connectivity index (χ0n) is 11.9. The quantitative estimate of drug-likeness (QED) is 0.328. The van der Waals surface area contributed by atoms with Crippen LogP contribution >= 0.6 is 12.2 Å². The van der Waals surface area contributed by atoms with E-state index in [1.54, 1.807) is 28.8 Å². The second-order valence-corrected chi connectivity index (χ2v) is 4.63. The molecule has 0 spiro atoms. The van der Waals surface area contributed by atoms with Gasteiger partial charge in [0, 0.05) is 16.5 Å². The molecule has 21 heavy (non-hydrogen) atoms. The van der Waals surface area contributed by atoms with E-state index in [4.69, 9.17) is 24.8 Å². The third-order valence-corrected chi connectivity index (χ3v) is 3.03. The monoisotopic (exact) mass is 340 g/mol. The van der Waals surface area contributed by atoms with E-state index in [1.807, 2.05) is 0 Å². The number of carboxylic acid groups (broad SMARTS) is 1. The first-order valence-electron chi connectivity index (χ1n) is 5.41. The first-order valence-corrected chi connectivity index (χ1v) is 6.23. The Hall–Kier alpha value is 0.0700. The second-order valence-electron chi connectivity index (χ2n) is 3.88. The Balaban J connectivity index is 0.00000200. The van der Waals surface area contributed by atoms with Crippen molar-refractivity contribution in [2.45, 2.75) is 18.1 Å². The number of aliphatic carboxylic acids is 1. The molecule has 0 saturated carbocycles. The van der Waals surface area contributed by atoms with Gasteiger partial charge < -0.3 is 27.8 Å². The van der Waals surface area contributed by atoms with Gasteiger partial charge in [-0.05, 0) is 37.3 Å². The van der Waals surface area contributed by atoms with Gasteiger partial charge >= 0.3 is 59.1 Å². The number of benzene rings is 1. The number of aromatic amines is 1. The summed E-state index contributed by atoms with van der Waals surface area (Å²) in [6, 6.07) is 6.26. The van der Waals surface area contributed by atoms with Crippen LogP contribution in [-0.2, 0) is 17.4 Å². The molecule has 1 heterocycles. The number of nitrogens with zero attached hydrogens (tertiary/aromatic N) is 2. The van der Waals surface area contributed by atoms with Crippen molar-refractivity contribution in [1.29, 1.82) is 0 Å². The predicted molar refractivity (Wildman–Crippen MR) is 72.5 cm³/mol. The molecule has 2 aromatic rings. The molecule has 2 rings (SSSR count). The Kier molecular flexibility index (Phi) is 9.29. The summed E-state index contributed by atoms with van der Waals surface area (Å²) in [6.45, 7) is 1.50. The van der Waals surface area contributed by atoms with Gasteiger partial charge in [-0.3, -0.25) is 9.67 Å². The average molecular weight is 340 g/mol. The van der Waals surface area contributed by atoms with Crippen molar-refractivity contribution < 1.29 is 69.0 Å². The Bertz CT molecular complexity index is 674. The van der Waals surface area contributed by atoms with Crippen LogP contribution < -0.4 is 69.5 Å². The minimum atomic E-state index is -1.17. The maximum atomic E-state index is 10.7. The SMILES string of the molecule is CC(Nc1cccc(-n2c([S-])n[nH]c2=S)c1)C(=O)[O-].[Na+].[Na+]. The van der Waals surface area contributed by atoms with Crippen LogP contribution in [0.5, 0.6) is 0 Å². The molecule has 1 atom stereocenters. The van der Waals surface area contributed by atoms with E-state index in [-0.39, 0.29) is 59.1 Å². The van der Waals surface area contributed by atoms with Gasteiger partial charge in [0.15, 0.2) is 4.77 Å². The number of carboxylic acids is 1. The zero-order chi connectivity index (χ0) is 14.0. The third-order valence-electron chi connectivity index (χ3n) is 2.48. The first kappa shape index (κ1) is 21.1. The van der Waals surface area contributed by atoms with Gasteiger partial charge in [0.05, 0.1) is 12.0 Å². The summed E-state index contributed by atoms with van der Waals surface area (Å²) < 4.78 is 1.97. The molecule has 1 unspecified atom stereocenters. The molecule has 1 aromatic heterocycles. The van der Waals surface area contributed by atoms with Crippen LogP contribution in [0.2, 0.25) is 0 Å². The van der Waals surface area contributed by atoms with E-state index in [1.165, 1.54) is 6.92 Å². The third kappa shape index (κ3) is 5.33. The summed E-state index contributed by atoms with van der Waals surface area (Å²) in [7, 11) is 0. The van der Waals surface area contributed by atoms with Crippen molar-refractivity contribution in [1.82, 2.24) is 14.8 Å². The molecule has 0 aliphatic heterocycles. The van der Waals surface area contributed by atoms with E-state index in [9.17, 15) is 9.90 Å². The maximum absolute atomic E-state index is 10.7. The number of H-pyrrole nitrogens is 1. The minimum absolute atomic E-state index is 0. The number of carbonyl (C=O) groups excluding carboxylic acids is 1. The zero-order valence-corrected chi connectivity index (χ0v) is 17.5. The molecule has 0 bridgehead atoms. The van der Waals surface area contributed by atoms with Gasteiger partial charge in [-0.1, -0.05) is 6.07 Å². The first-order chi connectivity index (χ1) is 8.99. The molecule has 2 N–H and O–H groups in total. The number of anilines is 1. The number of hydrogen-bond donors (Lipinski definition) is 2. The summed E-state index contributed by atoms with van der Waals surface area (Å²) in [4.78, 5) is 10.7. The van der Waals surface area contributed by atoms with Crippen molar-refractivity contribution in [3.8, 4) is 5.69 Å². The molecule has 6 nitrogen and oxygen atoms in total. The molecule has 100 valence electrons. The molecule has 0 aliphatic carbocycles. The number of nitrogens with one attached hydrogen (secondary N) is 2. The Labute approximate surface area is 176 Å². The summed E-state index contributed by atoms with van der Waals surface area (Å²) in [5.74, 6) is -1.17. The minimum Gasteiger partial charge on any atom is -0.740 e. The second kappa shape index (κ2) is 9.26.